The Morgan fingerprint density at radius 2 is 1.19 bits per heavy atom. The van der Waals surface area contributed by atoms with E-state index >= 15 is 0 Å². The van der Waals surface area contributed by atoms with Gasteiger partial charge in [-0.15, -0.1) is 0 Å². The summed E-state index contributed by atoms with van der Waals surface area (Å²) in [4.78, 5) is 2.54. The molecule has 8 aromatic carbocycles. The fourth-order valence-electron chi connectivity index (χ4n) is 9.49. The maximum Gasteiger partial charge on any atom is 0.0574 e. The number of benzene rings is 8. The first-order valence-corrected chi connectivity index (χ1v) is 22.4. The molecule has 2 nitrogen and oxygen atoms in total. The van der Waals surface area contributed by atoms with Crippen molar-refractivity contribution >= 4 is 44.3 Å². The van der Waals surface area contributed by atoms with Crippen molar-refractivity contribution in [3.63, 3.8) is 0 Å². The summed E-state index contributed by atoms with van der Waals surface area (Å²) in [6.45, 7) is 6.85. The van der Waals surface area contributed by atoms with E-state index in [1.165, 1.54) is 94.4 Å². The predicted octanol–water partition coefficient (Wildman–Crippen LogP) is 16.7. The van der Waals surface area contributed by atoms with Gasteiger partial charge in [-0.2, -0.15) is 0 Å². The highest BCUT2D eigenvalue weighted by molar-refractivity contribution is 6.15. The lowest BCUT2D eigenvalue weighted by Gasteiger charge is -2.26. The fraction of sp³-hybridized carbons (Fsp3) is 0.0645. The molecule has 308 valence electrons. The summed E-state index contributed by atoms with van der Waals surface area (Å²) in [5, 5.41) is 2.48. The SMILES string of the molecule is C=C/C=C\C=C/Cn1c2ccc(-c3cccc4c3N(c3ccccc3)/C(=C(/C=C(\CC)c3ccccc3)c3ccccc3)C4)cc2c2cc(-c3ccccc3)cc(-c3ccccc3)c21. The Labute approximate surface area is 377 Å². The summed E-state index contributed by atoms with van der Waals surface area (Å²) < 4.78 is 2.49. The van der Waals surface area contributed by atoms with Gasteiger partial charge in [-0.25, -0.2) is 0 Å². The molecule has 0 radical (unpaired) electrons. The van der Waals surface area contributed by atoms with Crippen LogP contribution in [0.5, 0.6) is 0 Å². The Morgan fingerprint density at radius 3 is 1.88 bits per heavy atom. The Kier molecular flexibility index (Phi) is 11.4. The van der Waals surface area contributed by atoms with Crippen LogP contribution in [0.1, 0.15) is 30.0 Å². The number of nitrogens with zero attached hydrogens (tertiary/aromatic N) is 2. The van der Waals surface area contributed by atoms with Gasteiger partial charge in [-0.3, -0.25) is 0 Å². The van der Waals surface area contributed by atoms with Gasteiger partial charge in [0.15, 0.2) is 0 Å². The molecule has 10 rings (SSSR count). The van der Waals surface area contributed by atoms with Crippen LogP contribution in [0.15, 0.2) is 249 Å². The van der Waals surface area contributed by atoms with Crippen molar-refractivity contribution in [3.05, 3.63) is 266 Å². The fourth-order valence-corrected chi connectivity index (χ4v) is 9.49. The van der Waals surface area contributed by atoms with Crippen LogP contribution < -0.4 is 4.90 Å². The minimum atomic E-state index is 0.723. The lowest BCUT2D eigenvalue weighted by Crippen LogP contribution is -2.14. The van der Waals surface area contributed by atoms with Gasteiger partial charge >= 0.3 is 0 Å². The van der Waals surface area contributed by atoms with Gasteiger partial charge in [0.1, 0.15) is 0 Å². The highest BCUT2D eigenvalue weighted by Crippen LogP contribution is 2.50. The molecule has 0 N–H and O–H groups in total. The van der Waals surface area contributed by atoms with E-state index in [4.69, 9.17) is 0 Å². The molecule has 1 aliphatic rings. The van der Waals surface area contributed by atoms with E-state index in [0.29, 0.717) is 0 Å². The molecule has 9 aromatic rings. The average Bonchev–Trinajstić information content (AvgIpc) is 3.91. The van der Waals surface area contributed by atoms with Gasteiger partial charge in [-0.05, 0) is 93.4 Å². The first-order chi connectivity index (χ1) is 31.7. The zero-order valence-electron chi connectivity index (χ0n) is 36.2. The summed E-state index contributed by atoms with van der Waals surface area (Å²) in [5.74, 6) is 0. The second-order valence-electron chi connectivity index (χ2n) is 16.3. The number of allylic oxidation sites excluding steroid dienone is 9. The van der Waals surface area contributed by atoms with Gasteiger partial charge in [0, 0.05) is 57.3 Å². The predicted molar refractivity (Wildman–Crippen MR) is 275 cm³/mol. The van der Waals surface area contributed by atoms with Crippen molar-refractivity contribution in [2.45, 2.75) is 26.3 Å². The Balaban J connectivity index is 1.22. The molecule has 1 aromatic heterocycles. The minimum absolute atomic E-state index is 0.723. The van der Waals surface area contributed by atoms with E-state index in [9.17, 15) is 0 Å². The summed E-state index contributed by atoms with van der Waals surface area (Å²) in [5.41, 5.74) is 19.7. The summed E-state index contributed by atoms with van der Waals surface area (Å²) >= 11 is 0. The van der Waals surface area contributed by atoms with Gasteiger partial charge in [-0.1, -0.05) is 208 Å². The molecule has 0 saturated heterocycles. The van der Waals surface area contributed by atoms with E-state index in [1.807, 2.05) is 18.2 Å². The number of hydrogen-bond acceptors (Lipinski definition) is 1. The summed E-state index contributed by atoms with van der Waals surface area (Å²) in [6, 6.07) is 73.1. The molecule has 0 spiro atoms. The van der Waals surface area contributed by atoms with Crippen molar-refractivity contribution in [1.82, 2.24) is 4.57 Å². The van der Waals surface area contributed by atoms with Crippen molar-refractivity contribution in [2.75, 3.05) is 4.90 Å². The van der Waals surface area contributed by atoms with Crippen LogP contribution in [0.4, 0.5) is 11.4 Å². The van der Waals surface area contributed by atoms with Crippen LogP contribution in [-0.2, 0) is 13.0 Å². The standard InChI is InChI=1S/C62H50N2/c1-3-5-6-7-23-39-63-59-38-37-50(41-57(59)58-43-52(47-27-15-9-16-28-47)42-56(62(58)63)49-31-19-11-20-32-49)54-36-24-33-51-44-60(64(61(51)54)53-34-21-12-22-35-53)55(48-29-17-10-18-30-48)40-45(4-2)46-25-13-8-14-26-46/h3,5-38,40-43H,1,4,39,44H2,2H3/b6-5-,23-7-,45-40+,60-55-. The van der Waals surface area contributed by atoms with Crippen LogP contribution in [0.25, 0.3) is 66.3 Å². The molecule has 0 aliphatic carbocycles. The lowest BCUT2D eigenvalue weighted by atomic mass is 9.94. The molecule has 0 fully saturated rings. The highest BCUT2D eigenvalue weighted by atomic mass is 15.2. The topological polar surface area (TPSA) is 8.17 Å². The van der Waals surface area contributed by atoms with Crippen LogP contribution >= 0.6 is 0 Å². The Hall–Kier alpha value is -7.94. The van der Waals surface area contributed by atoms with Crippen LogP contribution in [0, 0.1) is 0 Å². The molecular weight excluding hydrogens is 773 g/mol. The van der Waals surface area contributed by atoms with Crippen LogP contribution in [0.3, 0.4) is 0 Å². The molecular formula is C62H50N2. The normalized spacial score (nSPS) is 13.6. The molecule has 0 saturated carbocycles. The van der Waals surface area contributed by atoms with E-state index in [2.05, 4.69) is 241 Å². The van der Waals surface area contributed by atoms with Crippen molar-refractivity contribution in [2.24, 2.45) is 0 Å². The Morgan fingerprint density at radius 1 is 0.547 bits per heavy atom. The Bertz CT molecular complexity index is 3220. The van der Waals surface area contributed by atoms with E-state index < -0.39 is 0 Å². The molecule has 0 unspecified atom stereocenters. The van der Waals surface area contributed by atoms with E-state index in [0.717, 1.165) is 25.1 Å². The monoisotopic (exact) mass is 822 g/mol. The number of aromatic nitrogens is 1. The quantitative estimate of drug-likeness (QED) is 0.111. The number of fused-ring (bicyclic) bond motifs is 4. The van der Waals surface area contributed by atoms with Crippen molar-refractivity contribution < 1.29 is 0 Å². The zero-order valence-corrected chi connectivity index (χ0v) is 36.2. The summed E-state index contributed by atoms with van der Waals surface area (Å²) in [7, 11) is 0. The first kappa shape index (κ1) is 40.2. The molecule has 0 bridgehead atoms. The van der Waals surface area contributed by atoms with E-state index in [1.54, 1.807) is 0 Å². The molecule has 1 aliphatic heterocycles. The van der Waals surface area contributed by atoms with E-state index in [-0.39, 0.29) is 0 Å². The van der Waals surface area contributed by atoms with Crippen LogP contribution in [-0.4, -0.2) is 4.57 Å². The maximum absolute atomic E-state index is 3.86. The second kappa shape index (κ2) is 18.2. The van der Waals surface area contributed by atoms with Gasteiger partial charge < -0.3 is 9.47 Å². The average molecular weight is 823 g/mol. The van der Waals surface area contributed by atoms with Crippen LogP contribution in [0.2, 0.25) is 0 Å². The molecule has 0 atom stereocenters. The number of anilines is 2. The number of rotatable bonds is 12. The van der Waals surface area contributed by atoms with Crippen molar-refractivity contribution in [3.8, 4) is 33.4 Å². The second-order valence-corrected chi connectivity index (χ2v) is 16.3. The van der Waals surface area contributed by atoms with Gasteiger partial charge in [0.25, 0.3) is 0 Å². The maximum atomic E-state index is 3.86. The third kappa shape index (κ3) is 7.76. The van der Waals surface area contributed by atoms with Gasteiger partial charge in [0.2, 0.25) is 0 Å². The smallest absolute Gasteiger partial charge is 0.0574 e. The molecule has 64 heavy (non-hydrogen) atoms. The largest absolute Gasteiger partial charge is 0.336 e. The molecule has 0 amide bonds. The zero-order chi connectivity index (χ0) is 43.2. The summed E-state index contributed by atoms with van der Waals surface area (Å²) in [6.07, 6.45) is 14.4. The third-order valence-corrected chi connectivity index (χ3v) is 12.5. The highest BCUT2D eigenvalue weighted by Gasteiger charge is 2.31. The lowest BCUT2D eigenvalue weighted by molar-refractivity contribution is 0.900. The minimum Gasteiger partial charge on any atom is -0.336 e. The van der Waals surface area contributed by atoms with Gasteiger partial charge in [0.05, 0.1) is 11.2 Å². The van der Waals surface area contributed by atoms with Crippen molar-refractivity contribution in [1.29, 1.82) is 0 Å². The third-order valence-electron chi connectivity index (χ3n) is 12.5. The molecule has 2 heterocycles. The first-order valence-electron chi connectivity index (χ1n) is 22.4. The molecule has 2 heteroatoms. The number of hydrogen-bond donors (Lipinski definition) is 0. The number of para-hydroxylation sites is 2.